The average molecular weight is 386 g/mol. The second-order valence-electron chi connectivity index (χ2n) is 5.92. The van der Waals surface area contributed by atoms with E-state index in [0.717, 1.165) is 17.0 Å². The standard InChI is InChI=1S/C20H17Cl2N3O/c1-14-5-7-16(11-24-14)20(26)25(13-17-4-2-3-9-23-17)12-15-6-8-18(21)19(22)10-15/h2-11H,12-13H2,1H3. The summed E-state index contributed by atoms with van der Waals surface area (Å²) in [6.45, 7) is 2.66. The summed E-state index contributed by atoms with van der Waals surface area (Å²) in [6.07, 6.45) is 3.31. The van der Waals surface area contributed by atoms with Crippen molar-refractivity contribution in [3.8, 4) is 0 Å². The molecule has 132 valence electrons. The van der Waals surface area contributed by atoms with E-state index in [2.05, 4.69) is 9.97 Å². The maximum absolute atomic E-state index is 13.0. The van der Waals surface area contributed by atoms with Crippen LogP contribution in [0.1, 0.15) is 27.3 Å². The van der Waals surface area contributed by atoms with E-state index in [1.165, 1.54) is 0 Å². The van der Waals surface area contributed by atoms with Crippen molar-refractivity contribution in [3.05, 3.63) is 93.5 Å². The van der Waals surface area contributed by atoms with E-state index < -0.39 is 0 Å². The number of carbonyl (C=O) groups excluding carboxylic acids is 1. The van der Waals surface area contributed by atoms with Gasteiger partial charge in [0.2, 0.25) is 0 Å². The summed E-state index contributed by atoms with van der Waals surface area (Å²) in [5.41, 5.74) is 3.10. The molecule has 0 saturated carbocycles. The van der Waals surface area contributed by atoms with Crippen LogP contribution in [0.2, 0.25) is 10.0 Å². The van der Waals surface area contributed by atoms with E-state index in [1.807, 2.05) is 37.3 Å². The van der Waals surface area contributed by atoms with Crippen LogP contribution in [0.25, 0.3) is 0 Å². The van der Waals surface area contributed by atoms with Crippen molar-refractivity contribution in [3.63, 3.8) is 0 Å². The van der Waals surface area contributed by atoms with Crippen LogP contribution in [-0.4, -0.2) is 20.8 Å². The fraction of sp³-hybridized carbons (Fsp3) is 0.150. The molecule has 0 atom stereocenters. The molecule has 0 fully saturated rings. The van der Waals surface area contributed by atoms with E-state index in [0.29, 0.717) is 28.7 Å². The molecule has 6 heteroatoms. The topological polar surface area (TPSA) is 46.1 Å². The van der Waals surface area contributed by atoms with E-state index in [4.69, 9.17) is 23.2 Å². The van der Waals surface area contributed by atoms with Crippen molar-refractivity contribution >= 4 is 29.1 Å². The Kier molecular flexibility index (Phi) is 5.86. The Morgan fingerprint density at radius 3 is 2.50 bits per heavy atom. The van der Waals surface area contributed by atoms with Crippen LogP contribution in [0.15, 0.2) is 60.9 Å². The molecule has 4 nitrogen and oxygen atoms in total. The quantitative estimate of drug-likeness (QED) is 0.624. The minimum atomic E-state index is -0.116. The van der Waals surface area contributed by atoms with Gasteiger partial charge >= 0.3 is 0 Å². The molecule has 0 bridgehead atoms. The molecule has 1 aromatic carbocycles. The Hall–Kier alpha value is -2.43. The summed E-state index contributed by atoms with van der Waals surface area (Å²) >= 11 is 12.1. The average Bonchev–Trinajstić information content (AvgIpc) is 2.65. The van der Waals surface area contributed by atoms with Crippen molar-refractivity contribution in [2.45, 2.75) is 20.0 Å². The highest BCUT2D eigenvalue weighted by molar-refractivity contribution is 6.42. The molecule has 3 rings (SSSR count). The minimum Gasteiger partial charge on any atom is -0.328 e. The number of benzene rings is 1. The van der Waals surface area contributed by atoms with Crippen LogP contribution in [0, 0.1) is 6.92 Å². The lowest BCUT2D eigenvalue weighted by Gasteiger charge is -2.23. The zero-order valence-corrected chi connectivity index (χ0v) is 15.7. The van der Waals surface area contributed by atoms with Crippen LogP contribution < -0.4 is 0 Å². The molecule has 0 saturated heterocycles. The van der Waals surface area contributed by atoms with Gasteiger partial charge in [-0.2, -0.15) is 0 Å². The zero-order chi connectivity index (χ0) is 18.5. The molecule has 0 aliphatic rings. The SMILES string of the molecule is Cc1ccc(C(=O)N(Cc2ccc(Cl)c(Cl)c2)Cc2ccccn2)cn1. The third kappa shape index (κ3) is 4.59. The van der Waals surface area contributed by atoms with Crippen molar-refractivity contribution in [2.24, 2.45) is 0 Å². The Morgan fingerprint density at radius 1 is 1.00 bits per heavy atom. The minimum absolute atomic E-state index is 0.116. The normalized spacial score (nSPS) is 10.6. The summed E-state index contributed by atoms with van der Waals surface area (Å²) in [6, 6.07) is 14.6. The van der Waals surface area contributed by atoms with Gasteiger partial charge in [-0.25, -0.2) is 0 Å². The fourth-order valence-electron chi connectivity index (χ4n) is 2.52. The highest BCUT2D eigenvalue weighted by Gasteiger charge is 2.18. The van der Waals surface area contributed by atoms with Crippen molar-refractivity contribution in [1.29, 1.82) is 0 Å². The smallest absolute Gasteiger partial charge is 0.256 e. The van der Waals surface area contributed by atoms with Gasteiger partial charge < -0.3 is 4.90 Å². The molecule has 2 heterocycles. The summed E-state index contributed by atoms with van der Waals surface area (Å²) in [4.78, 5) is 23.3. The number of nitrogens with zero attached hydrogens (tertiary/aromatic N) is 3. The Morgan fingerprint density at radius 2 is 1.85 bits per heavy atom. The fourth-order valence-corrected chi connectivity index (χ4v) is 2.84. The summed E-state index contributed by atoms with van der Waals surface area (Å²) in [5, 5.41) is 0.951. The lowest BCUT2D eigenvalue weighted by atomic mass is 10.1. The predicted octanol–water partition coefficient (Wildman–Crippen LogP) is 4.93. The lowest BCUT2D eigenvalue weighted by molar-refractivity contribution is 0.0727. The number of aromatic nitrogens is 2. The number of carbonyl (C=O) groups is 1. The van der Waals surface area contributed by atoms with Gasteiger partial charge in [0.1, 0.15) is 0 Å². The molecular weight excluding hydrogens is 369 g/mol. The number of halogens is 2. The molecule has 0 N–H and O–H groups in total. The molecule has 3 aromatic rings. The summed E-state index contributed by atoms with van der Waals surface area (Å²) in [7, 11) is 0. The number of hydrogen-bond acceptors (Lipinski definition) is 3. The van der Waals surface area contributed by atoms with Gasteiger partial charge in [0.15, 0.2) is 0 Å². The van der Waals surface area contributed by atoms with E-state index in [9.17, 15) is 4.79 Å². The second-order valence-corrected chi connectivity index (χ2v) is 6.73. The molecule has 0 radical (unpaired) electrons. The van der Waals surface area contributed by atoms with Gasteiger partial charge in [-0.15, -0.1) is 0 Å². The molecule has 0 unspecified atom stereocenters. The molecule has 0 aliphatic heterocycles. The van der Waals surface area contributed by atoms with Crippen LogP contribution >= 0.6 is 23.2 Å². The van der Waals surface area contributed by atoms with E-state index in [-0.39, 0.29) is 5.91 Å². The van der Waals surface area contributed by atoms with Gasteiger partial charge in [0, 0.05) is 24.6 Å². The first-order chi connectivity index (χ1) is 12.5. The first-order valence-electron chi connectivity index (χ1n) is 8.08. The number of amides is 1. The van der Waals surface area contributed by atoms with Crippen LogP contribution in [-0.2, 0) is 13.1 Å². The zero-order valence-electron chi connectivity index (χ0n) is 14.2. The highest BCUT2D eigenvalue weighted by atomic mass is 35.5. The lowest BCUT2D eigenvalue weighted by Crippen LogP contribution is -2.30. The summed E-state index contributed by atoms with van der Waals surface area (Å²) < 4.78 is 0. The third-order valence-corrected chi connectivity index (χ3v) is 4.62. The maximum Gasteiger partial charge on any atom is 0.256 e. The Balaban J connectivity index is 1.88. The molecular formula is C20H17Cl2N3O. The van der Waals surface area contributed by atoms with E-state index in [1.54, 1.807) is 35.5 Å². The molecule has 0 spiro atoms. The predicted molar refractivity (Wildman–Crippen MR) is 103 cm³/mol. The largest absolute Gasteiger partial charge is 0.328 e. The highest BCUT2D eigenvalue weighted by Crippen LogP contribution is 2.24. The Bertz CT molecular complexity index is 899. The molecule has 1 amide bonds. The van der Waals surface area contributed by atoms with Crippen molar-refractivity contribution in [1.82, 2.24) is 14.9 Å². The number of aryl methyl sites for hydroxylation is 1. The summed E-state index contributed by atoms with van der Waals surface area (Å²) in [5.74, 6) is -0.116. The number of hydrogen-bond donors (Lipinski definition) is 0. The monoisotopic (exact) mass is 385 g/mol. The maximum atomic E-state index is 13.0. The first-order valence-corrected chi connectivity index (χ1v) is 8.84. The first kappa shape index (κ1) is 18.4. The second kappa shape index (κ2) is 8.30. The van der Waals surface area contributed by atoms with Gasteiger partial charge in [0.25, 0.3) is 5.91 Å². The third-order valence-electron chi connectivity index (χ3n) is 3.88. The van der Waals surface area contributed by atoms with E-state index >= 15 is 0 Å². The molecule has 0 aliphatic carbocycles. The van der Waals surface area contributed by atoms with Gasteiger partial charge in [-0.05, 0) is 48.9 Å². The van der Waals surface area contributed by atoms with Gasteiger partial charge in [-0.1, -0.05) is 35.3 Å². The number of pyridine rings is 2. The van der Waals surface area contributed by atoms with Gasteiger partial charge in [-0.3, -0.25) is 14.8 Å². The van der Waals surface area contributed by atoms with Crippen molar-refractivity contribution < 1.29 is 4.79 Å². The van der Waals surface area contributed by atoms with Crippen LogP contribution in [0.4, 0.5) is 0 Å². The molecule has 26 heavy (non-hydrogen) atoms. The van der Waals surface area contributed by atoms with Crippen molar-refractivity contribution in [2.75, 3.05) is 0 Å². The molecule has 2 aromatic heterocycles. The Labute approximate surface area is 162 Å². The van der Waals surface area contributed by atoms with Crippen LogP contribution in [0.3, 0.4) is 0 Å². The number of rotatable bonds is 5. The van der Waals surface area contributed by atoms with Gasteiger partial charge in [0.05, 0.1) is 27.8 Å². The van der Waals surface area contributed by atoms with Crippen LogP contribution in [0.5, 0.6) is 0 Å².